The molecule has 1 aromatic rings. The molecule has 0 bridgehead atoms. The Morgan fingerprint density at radius 2 is 1.94 bits per heavy atom. The molecule has 0 saturated carbocycles. The molecule has 102 valence electrons. The van der Waals surface area contributed by atoms with E-state index in [-0.39, 0.29) is 0 Å². The molecule has 0 aliphatic carbocycles. The summed E-state index contributed by atoms with van der Waals surface area (Å²) in [7, 11) is 1.93. The van der Waals surface area contributed by atoms with E-state index in [0.717, 1.165) is 37.1 Å². The molecule has 0 spiro atoms. The molecular weight excluding hydrogens is 224 g/mol. The van der Waals surface area contributed by atoms with Crippen molar-refractivity contribution in [2.45, 2.75) is 40.2 Å². The van der Waals surface area contributed by atoms with Crippen molar-refractivity contribution in [3.63, 3.8) is 0 Å². The average molecular weight is 250 g/mol. The van der Waals surface area contributed by atoms with Crippen molar-refractivity contribution >= 4 is 5.82 Å². The van der Waals surface area contributed by atoms with Crippen LogP contribution in [0.4, 0.5) is 5.82 Å². The molecular formula is C14H26N4. The third-order valence-corrected chi connectivity index (χ3v) is 3.37. The van der Waals surface area contributed by atoms with Gasteiger partial charge in [-0.05, 0) is 19.9 Å². The van der Waals surface area contributed by atoms with Gasteiger partial charge in [-0.15, -0.1) is 0 Å². The summed E-state index contributed by atoms with van der Waals surface area (Å²) in [4.78, 5) is 11.3. The van der Waals surface area contributed by atoms with Gasteiger partial charge in [-0.3, -0.25) is 4.98 Å². The predicted molar refractivity (Wildman–Crippen MR) is 76.8 cm³/mol. The van der Waals surface area contributed by atoms with Crippen molar-refractivity contribution in [3.05, 3.63) is 18.1 Å². The van der Waals surface area contributed by atoms with Gasteiger partial charge in [0.25, 0.3) is 0 Å². The third-order valence-electron chi connectivity index (χ3n) is 3.37. The van der Waals surface area contributed by atoms with Gasteiger partial charge in [0.05, 0.1) is 11.9 Å². The van der Waals surface area contributed by atoms with Crippen LogP contribution in [0.5, 0.6) is 0 Å². The molecule has 0 amide bonds. The first-order chi connectivity index (χ1) is 8.74. The Hall–Kier alpha value is -1.16. The number of rotatable bonds is 8. The Labute approximate surface area is 111 Å². The first-order valence-corrected chi connectivity index (χ1v) is 6.95. The maximum Gasteiger partial charge on any atom is 0.147 e. The number of hydrogen-bond donors (Lipinski definition) is 1. The van der Waals surface area contributed by atoms with Gasteiger partial charge in [0.2, 0.25) is 0 Å². The fourth-order valence-corrected chi connectivity index (χ4v) is 2.06. The molecule has 0 fully saturated rings. The molecule has 0 radical (unpaired) electrons. The standard InChI is InChI=1S/C14H26N4/c1-5-12(6-2)11-18(7-3)14-10-16-9-13(17-14)8-15-4/h9-10,12,15H,5-8,11H2,1-4H3. The van der Waals surface area contributed by atoms with E-state index in [1.165, 1.54) is 12.8 Å². The zero-order valence-corrected chi connectivity index (χ0v) is 12.1. The molecule has 0 aliphatic heterocycles. The van der Waals surface area contributed by atoms with Crippen molar-refractivity contribution in [2.24, 2.45) is 5.92 Å². The first kappa shape index (κ1) is 14.9. The van der Waals surface area contributed by atoms with Gasteiger partial charge < -0.3 is 10.2 Å². The van der Waals surface area contributed by atoms with E-state index in [1.54, 1.807) is 0 Å². The summed E-state index contributed by atoms with van der Waals surface area (Å²) in [6.45, 7) is 9.50. The maximum atomic E-state index is 4.66. The second-order valence-corrected chi connectivity index (χ2v) is 4.62. The largest absolute Gasteiger partial charge is 0.355 e. The quantitative estimate of drug-likeness (QED) is 0.769. The minimum absolute atomic E-state index is 0.736. The number of aromatic nitrogens is 2. The number of nitrogens with one attached hydrogen (secondary N) is 1. The Bertz CT molecular complexity index is 336. The summed E-state index contributed by atoms with van der Waals surface area (Å²) < 4.78 is 0. The van der Waals surface area contributed by atoms with E-state index in [1.807, 2.05) is 19.4 Å². The molecule has 4 heteroatoms. The SMILES string of the molecule is CCC(CC)CN(CC)c1cncc(CNC)n1. The van der Waals surface area contributed by atoms with Gasteiger partial charge in [-0.2, -0.15) is 0 Å². The normalized spacial score (nSPS) is 10.9. The molecule has 0 aliphatic rings. The molecule has 4 nitrogen and oxygen atoms in total. The van der Waals surface area contributed by atoms with Crippen LogP contribution in [0.3, 0.4) is 0 Å². The first-order valence-electron chi connectivity index (χ1n) is 6.95. The van der Waals surface area contributed by atoms with Gasteiger partial charge in [-0.1, -0.05) is 26.7 Å². The van der Waals surface area contributed by atoms with Crippen molar-refractivity contribution in [1.82, 2.24) is 15.3 Å². The second-order valence-electron chi connectivity index (χ2n) is 4.62. The Balaban J connectivity index is 2.77. The Morgan fingerprint density at radius 3 is 2.50 bits per heavy atom. The lowest BCUT2D eigenvalue weighted by Crippen LogP contribution is -2.30. The summed E-state index contributed by atoms with van der Waals surface area (Å²) in [5.74, 6) is 1.73. The Kier molecular flexibility index (Phi) is 6.65. The van der Waals surface area contributed by atoms with Crippen molar-refractivity contribution in [3.8, 4) is 0 Å². The third kappa shape index (κ3) is 4.26. The molecule has 18 heavy (non-hydrogen) atoms. The van der Waals surface area contributed by atoms with E-state index in [2.05, 4.69) is 41.0 Å². The van der Waals surface area contributed by atoms with Crippen LogP contribution in [0.2, 0.25) is 0 Å². The highest BCUT2D eigenvalue weighted by Gasteiger charge is 2.12. The van der Waals surface area contributed by atoms with Crippen LogP contribution in [0.1, 0.15) is 39.3 Å². The summed E-state index contributed by atoms with van der Waals surface area (Å²) in [6, 6.07) is 0. The van der Waals surface area contributed by atoms with E-state index in [0.29, 0.717) is 0 Å². The molecule has 0 saturated heterocycles. The van der Waals surface area contributed by atoms with Gasteiger partial charge >= 0.3 is 0 Å². The average Bonchev–Trinajstić information content (AvgIpc) is 2.41. The molecule has 1 N–H and O–H groups in total. The molecule has 1 aromatic heterocycles. The van der Waals surface area contributed by atoms with Gasteiger partial charge in [0.15, 0.2) is 0 Å². The lowest BCUT2D eigenvalue weighted by Gasteiger charge is -2.26. The van der Waals surface area contributed by atoms with Crippen LogP contribution < -0.4 is 10.2 Å². The second kappa shape index (κ2) is 8.03. The van der Waals surface area contributed by atoms with Crippen LogP contribution in [0.15, 0.2) is 12.4 Å². The summed E-state index contributed by atoms with van der Waals surface area (Å²) in [6.07, 6.45) is 6.13. The number of nitrogens with zero attached hydrogens (tertiary/aromatic N) is 3. The predicted octanol–water partition coefficient (Wildman–Crippen LogP) is 2.46. The molecule has 0 unspecified atom stereocenters. The van der Waals surface area contributed by atoms with Crippen LogP contribution in [-0.2, 0) is 6.54 Å². The topological polar surface area (TPSA) is 41.1 Å². The lowest BCUT2D eigenvalue weighted by molar-refractivity contribution is 0.484. The maximum absolute atomic E-state index is 4.66. The van der Waals surface area contributed by atoms with Gasteiger partial charge in [0, 0.05) is 25.8 Å². The smallest absolute Gasteiger partial charge is 0.147 e. The summed E-state index contributed by atoms with van der Waals surface area (Å²) >= 11 is 0. The minimum Gasteiger partial charge on any atom is -0.355 e. The van der Waals surface area contributed by atoms with Gasteiger partial charge in [-0.25, -0.2) is 4.98 Å². The van der Waals surface area contributed by atoms with Crippen LogP contribution in [0, 0.1) is 5.92 Å². The monoisotopic (exact) mass is 250 g/mol. The fourth-order valence-electron chi connectivity index (χ4n) is 2.06. The zero-order valence-electron chi connectivity index (χ0n) is 12.1. The highest BCUT2D eigenvalue weighted by molar-refractivity contribution is 5.36. The van der Waals surface area contributed by atoms with E-state index >= 15 is 0 Å². The molecule has 0 aromatic carbocycles. The van der Waals surface area contributed by atoms with Crippen LogP contribution >= 0.6 is 0 Å². The number of anilines is 1. The molecule has 1 heterocycles. The van der Waals surface area contributed by atoms with Gasteiger partial charge in [0.1, 0.15) is 5.82 Å². The zero-order chi connectivity index (χ0) is 13.4. The van der Waals surface area contributed by atoms with E-state index in [4.69, 9.17) is 0 Å². The highest BCUT2D eigenvalue weighted by atomic mass is 15.2. The molecule has 0 atom stereocenters. The highest BCUT2D eigenvalue weighted by Crippen LogP contribution is 2.15. The van der Waals surface area contributed by atoms with E-state index in [9.17, 15) is 0 Å². The summed E-state index contributed by atoms with van der Waals surface area (Å²) in [5, 5.41) is 3.11. The lowest BCUT2D eigenvalue weighted by atomic mass is 10.0. The summed E-state index contributed by atoms with van der Waals surface area (Å²) in [5.41, 5.74) is 0.998. The van der Waals surface area contributed by atoms with Crippen LogP contribution in [0.25, 0.3) is 0 Å². The van der Waals surface area contributed by atoms with Crippen molar-refractivity contribution in [1.29, 1.82) is 0 Å². The fraction of sp³-hybridized carbons (Fsp3) is 0.714. The number of hydrogen-bond acceptors (Lipinski definition) is 4. The van der Waals surface area contributed by atoms with Crippen LogP contribution in [-0.4, -0.2) is 30.1 Å². The molecule has 1 rings (SSSR count). The Morgan fingerprint density at radius 1 is 1.22 bits per heavy atom. The minimum atomic E-state index is 0.736. The van der Waals surface area contributed by atoms with E-state index < -0.39 is 0 Å². The van der Waals surface area contributed by atoms with Crippen molar-refractivity contribution < 1.29 is 0 Å². The van der Waals surface area contributed by atoms with Crippen molar-refractivity contribution in [2.75, 3.05) is 25.0 Å².